The summed E-state index contributed by atoms with van der Waals surface area (Å²) < 4.78 is 12.3. The first-order valence-electron chi connectivity index (χ1n) is 11.5. The third-order valence-electron chi connectivity index (χ3n) is 5.58. The molecule has 39 heavy (non-hydrogen) atoms. The Morgan fingerprint density at radius 1 is 1.05 bits per heavy atom. The Labute approximate surface area is 225 Å². The van der Waals surface area contributed by atoms with Crippen LogP contribution < -0.4 is 21.0 Å². The van der Waals surface area contributed by atoms with Crippen molar-refractivity contribution in [1.82, 2.24) is 24.5 Å². The van der Waals surface area contributed by atoms with Crippen LogP contribution in [-0.2, 0) is 0 Å². The molecular weight excluding hydrogens is 524 g/mol. The SMILES string of the molecule is Cc1ccc(NC(=S)Nc2nc(Oc3ccc4c(C)cc(=O)oc4c3)nc(-n3c([N+](=O)[O-])cnc3C)n2)cc1. The Bertz CT molecular complexity index is 1800. The van der Waals surface area contributed by atoms with Crippen LogP contribution in [0, 0.1) is 30.9 Å². The summed E-state index contributed by atoms with van der Waals surface area (Å²) in [7, 11) is 0. The summed E-state index contributed by atoms with van der Waals surface area (Å²) in [6, 6.07) is 13.7. The molecule has 0 spiro atoms. The van der Waals surface area contributed by atoms with Gasteiger partial charge in [0.25, 0.3) is 0 Å². The molecule has 0 amide bonds. The number of thiocarbonyl (C=S) groups is 1. The van der Waals surface area contributed by atoms with E-state index in [0.717, 1.165) is 33.0 Å². The summed E-state index contributed by atoms with van der Waals surface area (Å²) in [5.41, 5.74) is 2.39. The first-order valence-corrected chi connectivity index (χ1v) is 11.9. The molecule has 14 heteroatoms. The molecule has 2 N–H and O–H groups in total. The number of ether oxygens (including phenoxy) is 1. The summed E-state index contributed by atoms with van der Waals surface area (Å²) in [6.07, 6.45) is 1.10. The van der Waals surface area contributed by atoms with Crippen LogP contribution in [0.2, 0.25) is 0 Å². The number of anilines is 2. The third-order valence-corrected chi connectivity index (χ3v) is 5.78. The van der Waals surface area contributed by atoms with E-state index in [-0.39, 0.29) is 40.4 Å². The summed E-state index contributed by atoms with van der Waals surface area (Å²) in [6.45, 7) is 5.33. The lowest BCUT2D eigenvalue weighted by Gasteiger charge is -2.11. The molecule has 5 rings (SSSR count). The lowest BCUT2D eigenvalue weighted by Crippen LogP contribution is -2.21. The highest BCUT2D eigenvalue weighted by Gasteiger charge is 2.24. The number of rotatable bonds is 6. The summed E-state index contributed by atoms with van der Waals surface area (Å²) in [5, 5.41) is 18.4. The van der Waals surface area contributed by atoms with Gasteiger partial charge in [-0.15, -0.1) is 9.55 Å². The Morgan fingerprint density at radius 3 is 2.56 bits per heavy atom. The molecule has 196 valence electrons. The first kappa shape index (κ1) is 25.4. The summed E-state index contributed by atoms with van der Waals surface area (Å²) in [5.74, 6) is 0.0271. The van der Waals surface area contributed by atoms with E-state index in [2.05, 4.69) is 30.6 Å². The lowest BCUT2D eigenvalue weighted by atomic mass is 10.1. The van der Waals surface area contributed by atoms with Crippen LogP contribution in [0.15, 0.2) is 63.9 Å². The van der Waals surface area contributed by atoms with Crippen molar-refractivity contribution < 1.29 is 14.1 Å². The molecule has 0 unspecified atom stereocenters. The van der Waals surface area contributed by atoms with Crippen LogP contribution in [0.4, 0.5) is 17.5 Å². The van der Waals surface area contributed by atoms with Crippen molar-refractivity contribution >= 4 is 45.8 Å². The maximum atomic E-state index is 11.8. The van der Waals surface area contributed by atoms with Gasteiger partial charge in [0.1, 0.15) is 17.5 Å². The predicted molar refractivity (Wildman–Crippen MR) is 147 cm³/mol. The number of nitrogens with zero attached hydrogens (tertiary/aromatic N) is 6. The number of fused-ring (bicyclic) bond motifs is 1. The average molecular weight is 545 g/mol. The van der Waals surface area contributed by atoms with Crippen molar-refractivity contribution in [2.24, 2.45) is 0 Å². The molecule has 0 saturated heterocycles. The number of imidazole rings is 1. The first-order chi connectivity index (χ1) is 18.7. The van der Waals surface area contributed by atoms with Gasteiger partial charge in [-0.3, -0.25) is 0 Å². The van der Waals surface area contributed by atoms with Crippen molar-refractivity contribution in [1.29, 1.82) is 0 Å². The molecular formula is C25H20N8O5S. The number of hydrogen-bond acceptors (Lipinski definition) is 10. The molecule has 0 aliphatic rings. The average Bonchev–Trinajstić information content (AvgIpc) is 3.26. The van der Waals surface area contributed by atoms with Crippen molar-refractivity contribution in [3.8, 4) is 17.7 Å². The molecule has 2 aromatic carbocycles. The van der Waals surface area contributed by atoms with Gasteiger partial charge < -0.3 is 29.9 Å². The molecule has 3 aromatic heterocycles. The number of benzene rings is 2. The minimum atomic E-state index is -0.602. The van der Waals surface area contributed by atoms with Gasteiger partial charge in [-0.1, -0.05) is 17.7 Å². The van der Waals surface area contributed by atoms with Crippen molar-refractivity contribution in [2.45, 2.75) is 20.8 Å². The fourth-order valence-corrected chi connectivity index (χ4v) is 3.94. The van der Waals surface area contributed by atoms with Gasteiger partial charge in [0, 0.05) is 30.1 Å². The van der Waals surface area contributed by atoms with E-state index < -0.39 is 10.5 Å². The molecule has 0 aliphatic heterocycles. The number of aryl methyl sites for hydroxylation is 3. The van der Waals surface area contributed by atoms with Gasteiger partial charge in [0.05, 0.1) is 0 Å². The fourth-order valence-electron chi connectivity index (χ4n) is 3.73. The van der Waals surface area contributed by atoms with Crippen LogP contribution in [-0.4, -0.2) is 34.5 Å². The minimum Gasteiger partial charge on any atom is -0.424 e. The van der Waals surface area contributed by atoms with E-state index in [4.69, 9.17) is 21.4 Å². The van der Waals surface area contributed by atoms with Gasteiger partial charge in [-0.2, -0.15) is 9.97 Å². The van der Waals surface area contributed by atoms with Crippen LogP contribution >= 0.6 is 12.2 Å². The Balaban J connectivity index is 1.52. The number of nitro groups is 1. The second kappa shape index (κ2) is 10.3. The normalized spacial score (nSPS) is 10.8. The molecule has 0 bridgehead atoms. The van der Waals surface area contributed by atoms with E-state index in [1.54, 1.807) is 26.0 Å². The number of aromatic nitrogens is 5. The Morgan fingerprint density at radius 2 is 1.82 bits per heavy atom. The maximum absolute atomic E-state index is 11.8. The smallest absolute Gasteiger partial charge is 0.350 e. The third kappa shape index (κ3) is 5.55. The second-order valence-electron chi connectivity index (χ2n) is 8.45. The standard InChI is InChI=1S/C25H20N8O5S/c1-13-4-6-16(7-5-13)27-25(39)30-22-28-23(32-15(3)26-12-20(32)33(35)36)31-24(29-22)37-17-8-9-18-14(2)10-21(34)38-19(18)11-17/h4-12H,1-3H3,(H2,27,28,29,30,31,39). The highest BCUT2D eigenvalue weighted by Crippen LogP contribution is 2.27. The van der Waals surface area contributed by atoms with Gasteiger partial charge in [-0.05, 0) is 60.8 Å². The molecule has 13 nitrogen and oxygen atoms in total. The van der Waals surface area contributed by atoms with Gasteiger partial charge >= 0.3 is 23.4 Å². The molecule has 0 radical (unpaired) electrons. The summed E-state index contributed by atoms with van der Waals surface area (Å²) in [4.78, 5) is 39.7. The predicted octanol–water partition coefficient (Wildman–Crippen LogP) is 4.60. The zero-order chi connectivity index (χ0) is 27.7. The molecule has 0 fully saturated rings. The lowest BCUT2D eigenvalue weighted by molar-refractivity contribution is -0.391. The van der Waals surface area contributed by atoms with Crippen LogP contribution in [0.25, 0.3) is 16.9 Å². The van der Waals surface area contributed by atoms with Crippen molar-refractivity contribution in [3.63, 3.8) is 0 Å². The monoisotopic (exact) mass is 544 g/mol. The van der Waals surface area contributed by atoms with E-state index in [1.165, 1.54) is 12.1 Å². The van der Waals surface area contributed by atoms with E-state index >= 15 is 0 Å². The molecule has 0 aliphatic carbocycles. The molecule has 3 heterocycles. The highest BCUT2D eigenvalue weighted by molar-refractivity contribution is 7.80. The second-order valence-corrected chi connectivity index (χ2v) is 8.86. The zero-order valence-corrected chi connectivity index (χ0v) is 21.6. The van der Waals surface area contributed by atoms with E-state index in [0.29, 0.717) is 5.58 Å². The van der Waals surface area contributed by atoms with Crippen LogP contribution in [0.1, 0.15) is 17.0 Å². The quantitative estimate of drug-likeness (QED) is 0.132. The van der Waals surface area contributed by atoms with Crippen molar-refractivity contribution in [2.75, 3.05) is 10.6 Å². The number of nitrogens with one attached hydrogen (secondary N) is 2. The zero-order valence-electron chi connectivity index (χ0n) is 20.8. The Kier molecular flexibility index (Phi) is 6.68. The van der Waals surface area contributed by atoms with Gasteiger partial charge in [0.2, 0.25) is 11.8 Å². The van der Waals surface area contributed by atoms with Crippen molar-refractivity contribution in [3.05, 3.63) is 92.2 Å². The highest BCUT2D eigenvalue weighted by atomic mass is 32.1. The van der Waals surface area contributed by atoms with Gasteiger partial charge in [0.15, 0.2) is 5.11 Å². The largest absolute Gasteiger partial charge is 0.424 e. The van der Waals surface area contributed by atoms with Crippen LogP contribution in [0.3, 0.4) is 0 Å². The molecule has 0 atom stereocenters. The van der Waals surface area contributed by atoms with Crippen LogP contribution in [0.5, 0.6) is 11.8 Å². The molecule has 0 saturated carbocycles. The van der Waals surface area contributed by atoms with Gasteiger partial charge in [-0.25, -0.2) is 9.78 Å². The summed E-state index contributed by atoms with van der Waals surface area (Å²) >= 11 is 5.40. The van der Waals surface area contributed by atoms with E-state index in [1.807, 2.05) is 31.2 Å². The fraction of sp³-hybridized carbons (Fsp3) is 0.120. The molecule has 5 aromatic rings. The Hall–Kier alpha value is -5.24. The number of hydrogen-bond donors (Lipinski definition) is 2. The van der Waals surface area contributed by atoms with E-state index in [9.17, 15) is 14.9 Å². The minimum absolute atomic E-state index is 0.0369. The maximum Gasteiger partial charge on any atom is 0.350 e. The topological polar surface area (TPSA) is 163 Å².